The Bertz CT molecular complexity index is 593. The molecule has 0 spiro atoms. The van der Waals surface area contributed by atoms with Crippen LogP contribution in [0.3, 0.4) is 0 Å². The topological polar surface area (TPSA) is 76.0 Å². The molecule has 5 unspecified atom stereocenters. The van der Waals surface area contributed by atoms with Crippen LogP contribution in [0.1, 0.15) is 84.5 Å². The Morgan fingerprint density at radius 3 is 2.33 bits per heavy atom. The maximum Gasteiger partial charge on any atom is 0.322 e. The number of esters is 1. The fourth-order valence-electron chi connectivity index (χ4n) is 6.04. The van der Waals surface area contributed by atoms with Gasteiger partial charge in [-0.1, -0.05) is 55.2 Å². The zero-order valence-electron chi connectivity index (χ0n) is 16.5. The third-order valence-corrected chi connectivity index (χ3v) is 9.19. The molecule has 4 aliphatic rings. The van der Waals surface area contributed by atoms with Crippen molar-refractivity contribution in [3.05, 3.63) is 0 Å². The molecule has 27 heavy (non-hydrogen) atoms. The largest absolute Gasteiger partial charge is 0.458 e. The highest BCUT2D eigenvalue weighted by molar-refractivity contribution is 14.1. The molecule has 2 bridgehead atoms. The number of hydrogen-bond donors (Lipinski definition) is 2. The van der Waals surface area contributed by atoms with Crippen molar-refractivity contribution in [2.45, 2.75) is 117 Å². The van der Waals surface area contributed by atoms with Crippen molar-refractivity contribution in [3.63, 3.8) is 0 Å². The van der Waals surface area contributed by atoms with E-state index in [1.54, 1.807) is 0 Å². The molecule has 2 saturated carbocycles. The number of fused-ring (bicyclic) bond motifs is 2. The minimum atomic E-state index is -0.853. The molecule has 2 aliphatic carbocycles. The van der Waals surface area contributed by atoms with E-state index < -0.39 is 20.2 Å². The lowest BCUT2D eigenvalue weighted by Gasteiger charge is -2.44. The molecule has 0 amide bonds. The highest BCUT2D eigenvalue weighted by Gasteiger charge is 2.70. The quantitative estimate of drug-likeness (QED) is 0.348. The monoisotopic (exact) mass is 492 g/mol. The molecule has 2 heterocycles. The van der Waals surface area contributed by atoms with E-state index in [1.807, 2.05) is 13.8 Å². The van der Waals surface area contributed by atoms with Crippen molar-refractivity contribution in [2.75, 3.05) is 0 Å². The highest BCUT2D eigenvalue weighted by Crippen LogP contribution is 2.61. The van der Waals surface area contributed by atoms with E-state index in [0.29, 0.717) is 19.3 Å². The summed E-state index contributed by atoms with van der Waals surface area (Å²) < 4.78 is 11.9. The van der Waals surface area contributed by atoms with Gasteiger partial charge in [0.2, 0.25) is 0 Å². The average molecular weight is 492 g/mol. The number of alkyl halides is 1. The van der Waals surface area contributed by atoms with E-state index in [1.165, 1.54) is 0 Å². The summed E-state index contributed by atoms with van der Waals surface area (Å²) in [6, 6.07) is 0. The Kier molecular flexibility index (Phi) is 5.13. The van der Waals surface area contributed by atoms with Gasteiger partial charge in [0.15, 0.2) is 0 Å². The summed E-state index contributed by atoms with van der Waals surface area (Å²) in [5.74, 6) is -0.268. The molecule has 2 saturated heterocycles. The van der Waals surface area contributed by atoms with E-state index >= 15 is 0 Å². The first-order valence-electron chi connectivity index (χ1n) is 10.7. The number of hydrogen-bond acceptors (Lipinski definition) is 5. The van der Waals surface area contributed by atoms with Crippen molar-refractivity contribution in [1.82, 2.24) is 0 Å². The van der Waals surface area contributed by atoms with Crippen molar-refractivity contribution < 1.29 is 24.5 Å². The van der Waals surface area contributed by atoms with Crippen LogP contribution in [0.5, 0.6) is 0 Å². The predicted octanol–water partition coefficient (Wildman–Crippen LogP) is 3.66. The maximum atomic E-state index is 12.7. The highest BCUT2D eigenvalue weighted by atomic mass is 127. The number of carbonyl (C=O) groups is 1. The molecule has 4 fully saturated rings. The van der Waals surface area contributed by atoms with Crippen LogP contribution in [0.15, 0.2) is 0 Å². The molecule has 0 aromatic rings. The van der Waals surface area contributed by atoms with E-state index in [2.05, 4.69) is 22.6 Å². The van der Waals surface area contributed by atoms with Gasteiger partial charge >= 0.3 is 5.97 Å². The Labute approximate surface area is 175 Å². The van der Waals surface area contributed by atoms with Gasteiger partial charge in [-0.2, -0.15) is 0 Å². The van der Waals surface area contributed by atoms with Crippen LogP contribution in [-0.4, -0.2) is 48.6 Å². The normalized spacial score (nSPS) is 41.6. The first-order valence-corrected chi connectivity index (χ1v) is 11.8. The zero-order chi connectivity index (χ0) is 19.5. The summed E-state index contributed by atoms with van der Waals surface area (Å²) in [6.07, 6.45) is 8.40. The van der Waals surface area contributed by atoms with Gasteiger partial charge in [0.25, 0.3) is 0 Å². The third-order valence-electron chi connectivity index (χ3n) is 7.99. The second kappa shape index (κ2) is 6.81. The SMILES string of the molecule is CCC(C)(I)C(=O)OC1CC2(C3(O)CCCC3)CC(C3(O)CCCC3)C1O2. The maximum absolute atomic E-state index is 12.7. The van der Waals surface area contributed by atoms with Crippen molar-refractivity contribution in [1.29, 1.82) is 0 Å². The summed E-state index contributed by atoms with van der Waals surface area (Å²) >= 11 is 2.16. The Hall–Kier alpha value is 0.0800. The van der Waals surface area contributed by atoms with Gasteiger partial charge in [-0.3, -0.25) is 4.79 Å². The first kappa shape index (κ1) is 20.4. The first-order chi connectivity index (χ1) is 12.6. The van der Waals surface area contributed by atoms with Crippen LogP contribution in [0.2, 0.25) is 0 Å². The number of rotatable bonds is 5. The standard InChI is InChI=1S/C21H33IO5/c1-3-18(2,22)17(23)26-15-13-21(20(25)10-6-7-11-20)12-14(16(15)27-21)19(24)8-4-5-9-19/h14-16,24-25H,3-13H2,1-2H3. The lowest BCUT2D eigenvalue weighted by Crippen LogP contribution is -2.55. The summed E-state index contributed by atoms with van der Waals surface area (Å²) in [5.41, 5.74) is -2.27. The second-order valence-electron chi connectivity index (χ2n) is 9.64. The molecule has 5 atom stereocenters. The summed E-state index contributed by atoms with van der Waals surface area (Å²) in [4.78, 5) is 12.7. The number of halogens is 1. The van der Waals surface area contributed by atoms with Crippen LogP contribution in [0.25, 0.3) is 0 Å². The molecular weight excluding hydrogens is 459 g/mol. The minimum absolute atomic E-state index is 0.0572. The molecule has 4 rings (SSSR count). The van der Waals surface area contributed by atoms with E-state index in [-0.39, 0.29) is 24.1 Å². The van der Waals surface area contributed by atoms with E-state index in [4.69, 9.17) is 9.47 Å². The molecule has 5 nitrogen and oxygen atoms in total. The molecule has 154 valence electrons. The van der Waals surface area contributed by atoms with Crippen LogP contribution in [0.4, 0.5) is 0 Å². The van der Waals surface area contributed by atoms with E-state index in [9.17, 15) is 15.0 Å². The van der Waals surface area contributed by atoms with Crippen LogP contribution >= 0.6 is 22.6 Å². The molecular formula is C21H33IO5. The van der Waals surface area contributed by atoms with Crippen molar-refractivity contribution in [3.8, 4) is 0 Å². The molecule has 0 aromatic carbocycles. The van der Waals surface area contributed by atoms with Crippen molar-refractivity contribution >= 4 is 28.6 Å². The van der Waals surface area contributed by atoms with Gasteiger partial charge in [-0.15, -0.1) is 0 Å². The van der Waals surface area contributed by atoms with E-state index in [0.717, 1.165) is 51.4 Å². The van der Waals surface area contributed by atoms with Gasteiger partial charge in [0.05, 0.1) is 11.2 Å². The second-order valence-corrected chi connectivity index (χ2v) is 12.0. The molecule has 0 radical (unpaired) electrons. The van der Waals surface area contributed by atoms with Gasteiger partial charge in [-0.25, -0.2) is 0 Å². The lowest BCUT2D eigenvalue weighted by atomic mass is 9.65. The number of aliphatic hydroxyl groups is 2. The van der Waals surface area contributed by atoms with Crippen LogP contribution in [0, 0.1) is 5.92 Å². The zero-order valence-corrected chi connectivity index (χ0v) is 18.7. The summed E-state index contributed by atoms with van der Waals surface area (Å²) in [7, 11) is 0. The third kappa shape index (κ3) is 3.17. The lowest BCUT2D eigenvalue weighted by molar-refractivity contribution is -0.158. The predicted molar refractivity (Wildman–Crippen MR) is 110 cm³/mol. The summed E-state index contributed by atoms with van der Waals surface area (Å²) in [6.45, 7) is 3.88. The van der Waals surface area contributed by atoms with Crippen LogP contribution in [-0.2, 0) is 14.3 Å². The molecule has 6 heteroatoms. The van der Waals surface area contributed by atoms with Gasteiger partial charge in [0.1, 0.15) is 21.2 Å². The molecule has 0 aromatic heterocycles. The Balaban J connectivity index is 1.61. The van der Waals surface area contributed by atoms with Crippen LogP contribution < -0.4 is 0 Å². The number of ether oxygens (including phenoxy) is 2. The molecule has 2 aliphatic heterocycles. The smallest absolute Gasteiger partial charge is 0.322 e. The van der Waals surface area contributed by atoms with Gasteiger partial charge < -0.3 is 19.7 Å². The minimum Gasteiger partial charge on any atom is -0.458 e. The Morgan fingerprint density at radius 1 is 1.15 bits per heavy atom. The van der Waals surface area contributed by atoms with Crippen molar-refractivity contribution in [2.24, 2.45) is 5.92 Å². The average Bonchev–Trinajstić information content (AvgIpc) is 3.39. The Morgan fingerprint density at radius 2 is 1.74 bits per heavy atom. The fraction of sp³-hybridized carbons (Fsp3) is 0.952. The fourth-order valence-corrected chi connectivity index (χ4v) is 6.17. The van der Waals surface area contributed by atoms with Gasteiger partial charge in [0, 0.05) is 12.3 Å². The molecule has 2 N–H and O–H groups in total. The van der Waals surface area contributed by atoms with Gasteiger partial charge in [-0.05, 0) is 45.4 Å². The number of carbonyl (C=O) groups excluding carboxylic acids is 1. The summed E-state index contributed by atoms with van der Waals surface area (Å²) in [5, 5.41) is 22.7.